The molecular formula is C63H111N7O36S3. The molecule has 0 amide bonds. The lowest BCUT2D eigenvalue weighted by atomic mass is 9.84. The predicted octanol–water partition coefficient (Wildman–Crippen LogP) is -15.0. The normalized spacial score (nSPS) is 43.7. The number of hydrogen-bond donors (Lipinski definition) is 28. The Hall–Kier alpha value is -2.41. The number of aliphatic hydroxyl groups is 22. The van der Waals surface area contributed by atoms with E-state index in [2.05, 4.69) is 31.9 Å². The first-order valence-electron chi connectivity index (χ1n) is 36.5. The second kappa shape index (κ2) is 42.6. The molecule has 43 nitrogen and oxygen atoms in total. The molecule has 15 heterocycles. The zero-order chi connectivity index (χ0) is 79.1. The van der Waals surface area contributed by atoms with Crippen LogP contribution in [-0.4, -0.2) is 459 Å². The Morgan fingerprint density at radius 1 is 0.330 bits per heavy atom. The summed E-state index contributed by atoms with van der Waals surface area (Å²) in [7, 11) is 0. The monoisotopic (exact) mass is 1640 g/mol. The Labute approximate surface area is 642 Å². The summed E-state index contributed by atoms with van der Waals surface area (Å²) in [6.07, 6.45) is -50.5. The number of thiocarbonyl (C=S) groups is 3. The van der Waals surface area contributed by atoms with Crippen molar-refractivity contribution >= 4 is 52.0 Å². The lowest BCUT2D eigenvalue weighted by molar-refractivity contribution is -0.355. The van der Waals surface area contributed by atoms with Gasteiger partial charge in [-0.05, 0) is 62.3 Å². The number of nitrogens with zero attached hydrogens (tertiary/aromatic N) is 1. The largest absolute Gasteiger partial charge is 0.394 e. The number of ether oxygens (including phenoxy) is 14. The highest BCUT2D eigenvalue weighted by Gasteiger charge is 2.55. The van der Waals surface area contributed by atoms with Crippen molar-refractivity contribution in [2.24, 2.45) is 11.8 Å². The second-order valence-corrected chi connectivity index (χ2v) is 29.7. The Balaban J connectivity index is 0.907. The van der Waals surface area contributed by atoms with E-state index in [0.717, 1.165) is 0 Å². The van der Waals surface area contributed by atoms with Gasteiger partial charge in [-0.1, -0.05) is 12.8 Å². The zero-order valence-electron chi connectivity index (χ0n) is 59.4. The van der Waals surface area contributed by atoms with Crippen LogP contribution < -0.4 is 31.9 Å². The molecule has 0 aromatic heterocycles. The molecule has 15 saturated heterocycles. The van der Waals surface area contributed by atoms with Crippen LogP contribution in [0.4, 0.5) is 0 Å². The van der Waals surface area contributed by atoms with Crippen molar-refractivity contribution in [3.63, 3.8) is 0 Å². The van der Waals surface area contributed by atoms with Gasteiger partial charge in [0.15, 0.2) is 59.4 Å². The minimum Gasteiger partial charge on any atom is -0.394 e. The van der Waals surface area contributed by atoms with Crippen LogP contribution in [0.15, 0.2) is 0 Å². The van der Waals surface area contributed by atoms with Gasteiger partial charge in [-0.2, -0.15) is 0 Å². The fourth-order valence-corrected chi connectivity index (χ4v) is 15.1. The van der Waals surface area contributed by atoms with E-state index < -0.39 is 273 Å². The van der Waals surface area contributed by atoms with Gasteiger partial charge in [0.1, 0.15) is 140 Å². The molecule has 35 atom stereocenters. The minimum atomic E-state index is -2.07. The maximum Gasteiger partial charge on any atom is 0.186 e. The van der Waals surface area contributed by atoms with Crippen molar-refractivity contribution in [3.05, 3.63) is 0 Å². The molecule has 18 unspecified atom stereocenters. The molecule has 15 rings (SSSR count). The van der Waals surface area contributed by atoms with Crippen molar-refractivity contribution in [2.45, 2.75) is 247 Å². The quantitative estimate of drug-likeness (QED) is 0.0324. The molecule has 28 N–H and O–H groups in total. The molecule has 109 heavy (non-hydrogen) atoms. The summed E-state index contributed by atoms with van der Waals surface area (Å²) in [6, 6.07) is 0. The van der Waals surface area contributed by atoms with Gasteiger partial charge in [0.05, 0.1) is 77.3 Å². The van der Waals surface area contributed by atoms with Crippen LogP contribution in [0.5, 0.6) is 0 Å². The van der Waals surface area contributed by atoms with E-state index >= 15 is 0 Å². The average molecular weight is 1640 g/mol. The van der Waals surface area contributed by atoms with Crippen LogP contribution in [0, 0.1) is 11.8 Å². The minimum absolute atomic E-state index is 0.0406. The molecule has 15 aliphatic heterocycles. The molecular weight excluding hydrogens is 1530 g/mol. The van der Waals surface area contributed by atoms with Gasteiger partial charge in [-0.15, -0.1) is 0 Å². The molecule has 0 aromatic carbocycles. The third-order valence-corrected chi connectivity index (χ3v) is 21.7. The third kappa shape index (κ3) is 22.9. The number of nitrogens with one attached hydrogen (secondary N) is 6. The van der Waals surface area contributed by atoms with Crippen LogP contribution in [0.1, 0.15) is 38.5 Å². The second-order valence-electron chi connectivity index (χ2n) is 28.5. The molecule has 8 bridgehead atoms. The Morgan fingerprint density at radius 2 is 0.651 bits per heavy atom. The fourth-order valence-electron chi connectivity index (χ4n) is 14.4. The molecule has 46 heteroatoms. The highest BCUT2D eigenvalue weighted by atomic mass is 32.1. The van der Waals surface area contributed by atoms with Gasteiger partial charge in [-0.3, -0.25) is 4.90 Å². The van der Waals surface area contributed by atoms with Crippen LogP contribution in [0.2, 0.25) is 0 Å². The number of aliphatic hydroxyl groups excluding tert-OH is 22. The Bertz CT molecular complexity index is 2550. The van der Waals surface area contributed by atoms with Crippen molar-refractivity contribution < 1.29 is 179 Å². The van der Waals surface area contributed by atoms with E-state index in [1.165, 1.54) is 0 Å². The van der Waals surface area contributed by atoms with E-state index in [4.69, 9.17) is 103 Å². The van der Waals surface area contributed by atoms with Crippen molar-refractivity contribution in [1.82, 2.24) is 36.8 Å². The smallest absolute Gasteiger partial charge is 0.186 e. The van der Waals surface area contributed by atoms with Gasteiger partial charge in [0.2, 0.25) is 0 Å². The van der Waals surface area contributed by atoms with E-state index in [-0.39, 0.29) is 80.9 Å². The summed E-state index contributed by atoms with van der Waals surface area (Å²) < 4.78 is 82.3. The number of hydrogen-bond acceptors (Lipinski definition) is 40. The zero-order valence-corrected chi connectivity index (χ0v) is 61.9. The van der Waals surface area contributed by atoms with Crippen molar-refractivity contribution in [2.75, 3.05) is 118 Å². The summed E-state index contributed by atoms with van der Waals surface area (Å²) in [4.78, 5) is 1.90. The molecule has 0 saturated carbocycles. The van der Waals surface area contributed by atoms with Crippen LogP contribution in [-0.2, 0) is 66.3 Å². The molecule has 0 spiro atoms. The molecule has 0 aliphatic carbocycles. The molecule has 0 radical (unpaired) electrons. The van der Waals surface area contributed by atoms with Gasteiger partial charge in [0, 0.05) is 77.4 Å². The highest BCUT2D eigenvalue weighted by molar-refractivity contribution is 7.80. The SMILES string of the molecule is OCC1O[C@@H]2OCCCCC3C(CNC(=S)NCCN(CCNC(=S)NCC4O[C@@H]5OC6C(CO)O[C@H](OCCCCC4[C@H](O)C5O)C(O)[C@H]6O)CCNC(=S)NC(CO[C@H]4OC(CO)[C@@H](O)[C@H](O)C4O)(CO[C@H]4OC(CO)[C@@H](O)[C@H](O)C4O)CO[C@H]4OC(CO)[C@@H](O)[C@H](O)C4O)O[C@H](OC1[C@H](O)C2O)C(O)[C@H]3O. The van der Waals surface area contributed by atoms with Gasteiger partial charge in [-0.25, -0.2) is 0 Å². The van der Waals surface area contributed by atoms with Crippen LogP contribution >= 0.6 is 36.7 Å². The summed E-state index contributed by atoms with van der Waals surface area (Å²) in [5, 5.41) is 256. The summed E-state index contributed by atoms with van der Waals surface area (Å²) >= 11 is 17.4. The highest BCUT2D eigenvalue weighted by Crippen LogP contribution is 2.38. The van der Waals surface area contributed by atoms with E-state index in [1.54, 1.807) is 0 Å². The Kier molecular flexibility index (Phi) is 35.4. The Morgan fingerprint density at radius 3 is 0.991 bits per heavy atom. The third-order valence-electron chi connectivity index (χ3n) is 20.9. The maximum absolute atomic E-state index is 11.6. The lowest BCUT2D eigenvalue weighted by Crippen LogP contribution is -2.66. The van der Waals surface area contributed by atoms with Crippen LogP contribution in [0.3, 0.4) is 0 Å². The van der Waals surface area contributed by atoms with Crippen LogP contribution in [0.25, 0.3) is 0 Å². The molecule has 0 aromatic rings. The predicted molar refractivity (Wildman–Crippen MR) is 372 cm³/mol. The first-order chi connectivity index (χ1) is 52.1. The summed E-state index contributed by atoms with van der Waals surface area (Å²) in [5.41, 5.74) is -2.07. The van der Waals surface area contributed by atoms with Gasteiger partial charge in [0.25, 0.3) is 0 Å². The fraction of sp³-hybridized carbons (Fsp3) is 0.952. The maximum atomic E-state index is 11.6. The van der Waals surface area contributed by atoms with E-state index in [9.17, 15) is 112 Å². The van der Waals surface area contributed by atoms with E-state index in [0.29, 0.717) is 38.5 Å². The van der Waals surface area contributed by atoms with Gasteiger partial charge < -0.3 is 211 Å². The first kappa shape index (κ1) is 90.5. The molecule has 15 aliphatic rings. The first-order valence-corrected chi connectivity index (χ1v) is 37.7. The van der Waals surface area contributed by atoms with E-state index in [1.807, 2.05) is 4.90 Å². The standard InChI is InChI=1S/C63H111N7O36S3/c71-17-29-36(78)39(81)46(88)55(100-29)95-22-63(23-96-56-47(89)40(82)37(79)30(18-72)101-56,24-97-57-48(90)41(83)38(80)31(19-73)102-57)69-62(109)66-9-12-70(10-7-64-60(107)67-15-27-25-5-1-3-13-93-53-49(91)42(84)51(32(20-74)103-53)105-58(98-27)44(86)34(25)76)11-8-65-61(108)68-16-28-26-6-2-4-14-94-54-50(92)43(85)52(33(21-75)104-54)106-59(99-28)45(87)35(26)77/h25-59,71-92H,1-24H2,(H2,64,67,107)(H2,65,68,108)(H2,66,69,109)/t25?,26?,27?,28?,29?,30?,31?,32?,33?,34-,35-,36+,37+,38+,39-,40-,41-,42+,43+,44?,45?,46?,47?,48?,49?,50?,51?,52?,53-,54-,55-,56-,57-,58+,59+,63?/m0/s1. The molecule has 15 fully saturated rings. The average Bonchev–Trinajstić information content (AvgIpc) is 0.780. The van der Waals surface area contributed by atoms with Crippen molar-refractivity contribution in [1.29, 1.82) is 0 Å². The van der Waals surface area contributed by atoms with Gasteiger partial charge >= 0.3 is 0 Å². The molecule has 632 valence electrons. The summed E-state index contributed by atoms with van der Waals surface area (Å²) in [6.45, 7) is -5.71. The topological polar surface area (TPSA) is 650 Å². The summed E-state index contributed by atoms with van der Waals surface area (Å²) in [5.74, 6) is -1.38. The lowest BCUT2D eigenvalue weighted by Gasteiger charge is -2.47. The number of rotatable bonds is 28. The van der Waals surface area contributed by atoms with Crippen molar-refractivity contribution in [3.8, 4) is 0 Å².